The van der Waals surface area contributed by atoms with Crippen molar-refractivity contribution in [3.63, 3.8) is 0 Å². The number of carbonyl (C=O) groups is 1. The summed E-state index contributed by atoms with van der Waals surface area (Å²) in [6.45, 7) is 2.00. The van der Waals surface area contributed by atoms with Gasteiger partial charge in [-0.1, -0.05) is 12.1 Å². The molecule has 2 unspecified atom stereocenters. The molecular formula is C17H23NO3. The van der Waals surface area contributed by atoms with Gasteiger partial charge in [-0.3, -0.25) is 4.79 Å². The number of carbonyl (C=O) groups excluding carboxylic acids is 1. The van der Waals surface area contributed by atoms with E-state index in [0.717, 1.165) is 42.6 Å². The first-order valence-corrected chi connectivity index (χ1v) is 7.71. The molecule has 2 heterocycles. The summed E-state index contributed by atoms with van der Waals surface area (Å²) >= 11 is 0. The number of fused-ring (bicyclic) bond motifs is 2. The molecule has 3 rings (SSSR count). The van der Waals surface area contributed by atoms with Crippen LogP contribution in [0.3, 0.4) is 0 Å². The highest BCUT2D eigenvalue weighted by Gasteiger charge is 2.42. The molecule has 0 spiro atoms. The average Bonchev–Trinajstić information content (AvgIpc) is 2.73. The lowest BCUT2D eigenvalue weighted by Gasteiger charge is -2.37. The van der Waals surface area contributed by atoms with Gasteiger partial charge >= 0.3 is 0 Å². The molecule has 2 aliphatic rings. The normalized spacial score (nSPS) is 27.8. The Morgan fingerprint density at radius 1 is 1.33 bits per heavy atom. The molecule has 2 fully saturated rings. The second-order valence-corrected chi connectivity index (χ2v) is 6.29. The lowest BCUT2D eigenvalue weighted by molar-refractivity contribution is -0.136. The van der Waals surface area contributed by atoms with E-state index in [4.69, 9.17) is 4.74 Å². The Morgan fingerprint density at radius 2 is 2.00 bits per heavy atom. The number of piperidine rings is 1. The van der Waals surface area contributed by atoms with Gasteiger partial charge in [-0.25, -0.2) is 0 Å². The van der Waals surface area contributed by atoms with Crippen LogP contribution in [0.4, 0.5) is 0 Å². The van der Waals surface area contributed by atoms with Gasteiger partial charge in [0.2, 0.25) is 5.91 Å². The number of nitrogens with zero attached hydrogens (tertiary/aromatic N) is 1. The van der Waals surface area contributed by atoms with Crippen LogP contribution in [0.15, 0.2) is 18.2 Å². The summed E-state index contributed by atoms with van der Waals surface area (Å²) in [5.41, 5.74) is 2.07. The highest BCUT2D eigenvalue weighted by molar-refractivity contribution is 5.80. The van der Waals surface area contributed by atoms with Gasteiger partial charge in [-0.15, -0.1) is 0 Å². The Morgan fingerprint density at radius 3 is 2.62 bits per heavy atom. The molecule has 0 radical (unpaired) electrons. The fraction of sp³-hybridized carbons (Fsp3) is 0.588. The Hall–Kier alpha value is -1.55. The van der Waals surface area contributed by atoms with E-state index in [1.807, 2.05) is 30.0 Å². The van der Waals surface area contributed by atoms with Crippen LogP contribution < -0.4 is 4.74 Å². The third-order valence-electron chi connectivity index (χ3n) is 4.82. The minimum Gasteiger partial charge on any atom is -0.496 e. The van der Waals surface area contributed by atoms with Crippen molar-refractivity contribution in [3.05, 3.63) is 29.3 Å². The van der Waals surface area contributed by atoms with E-state index < -0.39 is 0 Å². The lowest BCUT2D eigenvalue weighted by Crippen LogP contribution is -2.48. The monoisotopic (exact) mass is 289 g/mol. The third-order valence-corrected chi connectivity index (χ3v) is 4.82. The van der Waals surface area contributed by atoms with E-state index in [0.29, 0.717) is 6.42 Å². The van der Waals surface area contributed by atoms with Crippen LogP contribution in [0.1, 0.15) is 36.8 Å². The first-order valence-electron chi connectivity index (χ1n) is 7.71. The summed E-state index contributed by atoms with van der Waals surface area (Å²) in [6.07, 6.45) is 3.72. The third kappa shape index (κ3) is 2.77. The van der Waals surface area contributed by atoms with Crippen LogP contribution in [0, 0.1) is 6.92 Å². The molecule has 2 aliphatic heterocycles. The largest absolute Gasteiger partial charge is 0.496 e. The Labute approximate surface area is 125 Å². The molecule has 1 aromatic carbocycles. The van der Waals surface area contributed by atoms with Crippen molar-refractivity contribution in [3.8, 4) is 5.75 Å². The minimum absolute atomic E-state index is 0.181. The van der Waals surface area contributed by atoms with Gasteiger partial charge in [-0.2, -0.15) is 0 Å². The van der Waals surface area contributed by atoms with Crippen LogP contribution in [-0.2, 0) is 11.2 Å². The number of amides is 1. The highest BCUT2D eigenvalue weighted by atomic mass is 16.5. The van der Waals surface area contributed by atoms with E-state index >= 15 is 0 Å². The van der Waals surface area contributed by atoms with Gasteiger partial charge in [0.05, 0.1) is 19.6 Å². The van der Waals surface area contributed by atoms with Crippen molar-refractivity contribution in [1.29, 1.82) is 0 Å². The predicted molar refractivity (Wildman–Crippen MR) is 80.3 cm³/mol. The molecule has 0 saturated carbocycles. The number of hydrogen-bond donors (Lipinski definition) is 1. The second kappa shape index (κ2) is 5.68. The number of ether oxygens (including phenoxy) is 1. The Balaban J connectivity index is 1.72. The maximum Gasteiger partial charge on any atom is 0.227 e. The molecule has 2 atom stereocenters. The molecule has 114 valence electrons. The van der Waals surface area contributed by atoms with Crippen LogP contribution in [0.25, 0.3) is 0 Å². The number of aliphatic hydroxyl groups excluding tert-OH is 1. The van der Waals surface area contributed by atoms with Crippen molar-refractivity contribution < 1.29 is 14.6 Å². The minimum atomic E-state index is -0.231. The number of hydrogen-bond acceptors (Lipinski definition) is 3. The summed E-state index contributed by atoms with van der Waals surface area (Å²) in [7, 11) is 1.65. The molecule has 2 saturated heterocycles. The second-order valence-electron chi connectivity index (χ2n) is 6.29. The van der Waals surface area contributed by atoms with Crippen LogP contribution >= 0.6 is 0 Å². The number of benzene rings is 1. The standard InChI is InChI=1S/C17H23NO3/c1-11-3-4-12(7-16(11)21-2)8-17(20)18-13-5-6-14(18)10-15(19)9-13/h3-4,7,13-15,19H,5-6,8-10H2,1-2H3. The van der Waals surface area contributed by atoms with E-state index in [2.05, 4.69) is 0 Å². The quantitative estimate of drug-likeness (QED) is 0.926. The van der Waals surface area contributed by atoms with Crippen molar-refractivity contribution in [2.45, 2.75) is 57.2 Å². The molecule has 1 amide bonds. The zero-order valence-corrected chi connectivity index (χ0v) is 12.7. The SMILES string of the molecule is COc1cc(CC(=O)N2C3CCC2CC(O)C3)ccc1C. The molecule has 4 nitrogen and oxygen atoms in total. The van der Waals surface area contributed by atoms with Crippen molar-refractivity contribution in [2.24, 2.45) is 0 Å². The van der Waals surface area contributed by atoms with Gasteiger partial charge in [0.25, 0.3) is 0 Å². The summed E-state index contributed by atoms with van der Waals surface area (Å²) in [4.78, 5) is 14.6. The summed E-state index contributed by atoms with van der Waals surface area (Å²) < 4.78 is 5.32. The first kappa shape index (κ1) is 14.4. The van der Waals surface area contributed by atoms with Crippen LogP contribution in [0.2, 0.25) is 0 Å². The molecule has 0 aromatic heterocycles. The van der Waals surface area contributed by atoms with Gasteiger partial charge in [-0.05, 0) is 49.8 Å². The molecule has 1 N–H and O–H groups in total. The fourth-order valence-corrected chi connectivity index (χ4v) is 3.80. The number of aryl methyl sites for hydroxylation is 1. The number of aliphatic hydroxyl groups is 1. The zero-order valence-electron chi connectivity index (χ0n) is 12.7. The summed E-state index contributed by atoms with van der Waals surface area (Å²) in [5.74, 6) is 1.01. The maximum atomic E-state index is 12.6. The molecular weight excluding hydrogens is 266 g/mol. The van der Waals surface area contributed by atoms with E-state index in [9.17, 15) is 9.90 Å². The summed E-state index contributed by atoms with van der Waals surface area (Å²) in [6, 6.07) is 6.41. The van der Waals surface area contributed by atoms with E-state index in [1.54, 1.807) is 7.11 Å². The Kier molecular flexibility index (Phi) is 3.89. The van der Waals surface area contributed by atoms with Crippen molar-refractivity contribution in [1.82, 2.24) is 4.90 Å². The molecule has 2 bridgehead atoms. The summed E-state index contributed by atoms with van der Waals surface area (Å²) in [5, 5.41) is 9.82. The van der Waals surface area contributed by atoms with Gasteiger partial charge in [0.1, 0.15) is 5.75 Å². The number of methoxy groups -OCH3 is 1. The number of rotatable bonds is 3. The van der Waals surface area contributed by atoms with Crippen molar-refractivity contribution >= 4 is 5.91 Å². The molecule has 1 aromatic rings. The molecule has 4 heteroatoms. The molecule has 21 heavy (non-hydrogen) atoms. The topological polar surface area (TPSA) is 49.8 Å². The Bertz CT molecular complexity index is 529. The lowest BCUT2D eigenvalue weighted by atomic mass is 9.98. The maximum absolute atomic E-state index is 12.6. The van der Waals surface area contributed by atoms with Crippen LogP contribution in [-0.4, -0.2) is 41.2 Å². The van der Waals surface area contributed by atoms with E-state index in [1.165, 1.54) is 0 Å². The fourth-order valence-electron chi connectivity index (χ4n) is 3.80. The zero-order chi connectivity index (χ0) is 15.0. The van der Waals surface area contributed by atoms with Gasteiger partial charge < -0.3 is 14.7 Å². The van der Waals surface area contributed by atoms with Crippen molar-refractivity contribution in [2.75, 3.05) is 7.11 Å². The van der Waals surface area contributed by atoms with Gasteiger partial charge in [0, 0.05) is 12.1 Å². The van der Waals surface area contributed by atoms with E-state index in [-0.39, 0.29) is 24.1 Å². The predicted octanol–water partition coefficient (Wildman–Crippen LogP) is 2.06. The highest BCUT2D eigenvalue weighted by Crippen LogP contribution is 2.36. The van der Waals surface area contributed by atoms with Crippen LogP contribution in [0.5, 0.6) is 5.75 Å². The smallest absolute Gasteiger partial charge is 0.227 e. The first-order chi connectivity index (χ1) is 10.1. The van der Waals surface area contributed by atoms with Gasteiger partial charge in [0.15, 0.2) is 0 Å². The molecule has 0 aliphatic carbocycles. The average molecular weight is 289 g/mol.